The van der Waals surface area contributed by atoms with Gasteiger partial charge < -0.3 is 11.1 Å². The summed E-state index contributed by atoms with van der Waals surface area (Å²) in [6, 6.07) is 0.0684. The van der Waals surface area contributed by atoms with Gasteiger partial charge in [0.25, 0.3) is 0 Å². The number of amides is 1. The number of hydrogen-bond donors (Lipinski definition) is 2. The average Bonchev–Trinajstić information content (AvgIpc) is 2.83. The zero-order valence-corrected chi connectivity index (χ0v) is 12.4. The van der Waals surface area contributed by atoms with E-state index in [9.17, 15) is 4.79 Å². The lowest BCUT2D eigenvalue weighted by Crippen LogP contribution is -2.31. The lowest BCUT2D eigenvalue weighted by Gasteiger charge is -2.10. The third-order valence-electron chi connectivity index (χ3n) is 3.78. The van der Waals surface area contributed by atoms with E-state index in [4.69, 9.17) is 5.73 Å². The maximum atomic E-state index is 11.8. The Morgan fingerprint density at radius 3 is 2.32 bits per heavy atom. The molecule has 0 aromatic rings. The molecule has 0 heterocycles. The summed E-state index contributed by atoms with van der Waals surface area (Å²) in [4.78, 5) is 11.8. The summed E-state index contributed by atoms with van der Waals surface area (Å²) >= 11 is 0. The van der Waals surface area contributed by atoms with E-state index in [0.717, 1.165) is 19.4 Å². The Hall–Kier alpha value is -0.830. The summed E-state index contributed by atoms with van der Waals surface area (Å²) in [5, 5.41) is 3.01. The summed E-state index contributed by atoms with van der Waals surface area (Å²) < 4.78 is 0. The van der Waals surface area contributed by atoms with Crippen LogP contribution in [0.3, 0.4) is 0 Å². The highest BCUT2D eigenvalue weighted by atomic mass is 16.1. The predicted molar refractivity (Wildman–Crippen MR) is 80.8 cm³/mol. The van der Waals surface area contributed by atoms with Crippen LogP contribution in [0.4, 0.5) is 0 Å². The van der Waals surface area contributed by atoms with Crippen molar-refractivity contribution in [2.75, 3.05) is 6.54 Å². The number of nitrogens with two attached hydrogens (primary N) is 1. The third kappa shape index (κ3) is 7.36. The van der Waals surface area contributed by atoms with E-state index in [-0.39, 0.29) is 17.9 Å². The minimum atomic E-state index is 0.00374. The van der Waals surface area contributed by atoms with Crippen molar-refractivity contribution in [3.63, 3.8) is 0 Å². The fourth-order valence-electron chi connectivity index (χ4n) is 2.52. The molecule has 0 fully saturated rings. The first-order chi connectivity index (χ1) is 9.24. The van der Waals surface area contributed by atoms with Crippen LogP contribution in [0.25, 0.3) is 0 Å². The Balaban J connectivity index is 1.88. The van der Waals surface area contributed by atoms with Crippen LogP contribution in [0, 0.1) is 5.92 Å². The second kappa shape index (κ2) is 10.0. The van der Waals surface area contributed by atoms with Gasteiger partial charge in [-0.15, -0.1) is 0 Å². The van der Waals surface area contributed by atoms with E-state index in [1.807, 2.05) is 12.2 Å². The molecule has 0 aromatic carbocycles. The Labute approximate surface area is 118 Å². The zero-order valence-electron chi connectivity index (χ0n) is 12.4. The maximum Gasteiger partial charge on any atom is 0.226 e. The fraction of sp³-hybridized carbons (Fsp3) is 0.812. The molecule has 0 aromatic heterocycles. The topological polar surface area (TPSA) is 55.1 Å². The smallest absolute Gasteiger partial charge is 0.226 e. The maximum absolute atomic E-state index is 11.8. The van der Waals surface area contributed by atoms with Crippen LogP contribution < -0.4 is 11.1 Å². The normalized spacial score (nSPS) is 21.8. The van der Waals surface area contributed by atoms with Gasteiger partial charge in [0.2, 0.25) is 5.91 Å². The minimum absolute atomic E-state index is 0.00374. The van der Waals surface area contributed by atoms with Crippen molar-refractivity contribution in [3.8, 4) is 0 Å². The van der Waals surface area contributed by atoms with Crippen LogP contribution in [-0.4, -0.2) is 18.5 Å². The van der Waals surface area contributed by atoms with Gasteiger partial charge in [-0.2, -0.15) is 0 Å². The lowest BCUT2D eigenvalue weighted by atomic mass is 10.1. The quantitative estimate of drug-likeness (QED) is 0.471. The molecule has 110 valence electrons. The summed E-state index contributed by atoms with van der Waals surface area (Å²) in [5.74, 6) is 0.149. The van der Waals surface area contributed by atoms with Crippen molar-refractivity contribution < 1.29 is 4.79 Å². The van der Waals surface area contributed by atoms with Crippen molar-refractivity contribution in [3.05, 3.63) is 12.2 Å². The largest absolute Gasteiger partial charge is 0.356 e. The number of unbranched alkanes of at least 4 members (excludes halogenated alkanes) is 7. The third-order valence-corrected chi connectivity index (χ3v) is 3.78. The molecule has 2 atom stereocenters. The molecular formula is C16H30N2O. The fourth-order valence-corrected chi connectivity index (χ4v) is 2.52. The molecule has 3 heteroatoms. The zero-order chi connectivity index (χ0) is 13.9. The molecule has 19 heavy (non-hydrogen) atoms. The molecule has 0 aliphatic heterocycles. The number of nitrogens with one attached hydrogen (secondary N) is 1. The highest BCUT2D eigenvalue weighted by molar-refractivity contribution is 5.81. The van der Waals surface area contributed by atoms with Gasteiger partial charge in [0.1, 0.15) is 0 Å². The highest BCUT2D eigenvalue weighted by Crippen LogP contribution is 2.16. The first kappa shape index (κ1) is 16.2. The monoisotopic (exact) mass is 266 g/mol. The van der Waals surface area contributed by atoms with E-state index in [1.165, 1.54) is 44.9 Å². The van der Waals surface area contributed by atoms with Crippen LogP contribution in [0.5, 0.6) is 0 Å². The molecule has 0 saturated carbocycles. The second-order valence-electron chi connectivity index (χ2n) is 5.66. The molecule has 3 nitrogen and oxygen atoms in total. The number of carbonyl (C=O) groups is 1. The Bertz CT molecular complexity index is 276. The summed E-state index contributed by atoms with van der Waals surface area (Å²) in [6.07, 6.45) is 15.0. The van der Waals surface area contributed by atoms with E-state index < -0.39 is 0 Å². The van der Waals surface area contributed by atoms with E-state index in [1.54, 1.807) is 0 Å². The summed E-state index contributed by atoms with van der Waals surface area (Å²) in [5.41, 5.74) is 5.74. The molecule has 0 bridgehead atoms. The molecule has 2 unspecified atom stereocenters. The molecule has 1 rings (SSSR count). The number of carbonyl (C=O) groups excluding carboxylic acids is 1. The molecule has 1 aliphatic rings. The van der Waals surface area contributed by atoms with Crippen molar-refractivity contribution in [2.24, 2.45) is 11.7 Å². The van der Waals surface area contributed by atoms with Crippen LogP contribution >= 0.6 is 0 Å². The Morgan fingerprint density at radius 2 is 1.74 bits per heavy atom. The first-order valence-electron chi connectivity index (χ1n) is 7.95. The van der Waals surface area contributed by atoms with Crippen molar-refractivity contribution in [1.82, 2.24) is 5.32 Å². The van der Waals surface area contributed by atoms with Crippen LogP contribution in [0.15, 0.2) is 12.2 Å². The highest BCUT2D eigenvalue weighted by Gasteiger charge is 2.21. The first-order valence-corrected chi connectivity index (χ1v) is 7.95. The van der Waals surface area contributed by atoms with Gasteiger partial charge in [-0.25, -0.2) is 0 Å². The van der Waals surface area contributed by atoms with Crippen LogP contribution in [0.1, 0.15) is 64.7 Å². The molecule has 3 N–H and O–H groups in total. The molecule has 1 amide bonds. The van der Waals surface area contributed by atoms with Crippen LogP contribution in [-0.2, 0) is 4.79 Å². The lowest BCUT2D eigenvalue weighted by molar-refractivity contribution is -0.123. The van der Waals surface area contributed by atoms with Crippen molar-refractivity contribution in [2.45, 2.75) is 70.8 Å². The second-order valence-corrected chi connectivity index (χ2v) is 5.66. The predicted octanol–water partition coefficient (Wildman–Crippen LogP) is 3.15. The molecule has 1 aliphatic carbocycles. The van der Waals surface area contributed by atoms with Gasteiger partial charge >= 0.3 is 0 Å². The summed E-state index contributed by atoms with van der Waals surface area (Å²) in [6.45, 7) is 3.06. The SMILES string of the molecule is CCCCCCCCCCNC(=O)C1C=CC(N)C1. The van der Waals surface area contributed by atoms with E-state index in [0.29, 0.717) is 0 Å². The minimum Gasteiger partial charge on any atom is -0.356 e. The average molecular weight is 266 g/mol. The van der Waals surface area contributed by atoms with Gasteiger partial charge in [0.15, 0.2) is 0 Å². The van der Waals surface area contributed by atoms with Crippen molar-refractivity contribution in [1.29, 1.82) is 0 Å². The van der Waals surface area contributed by atoms with Gasteiger partial charge in [0, 0.05) is 12.6 Å². The standard InChI is InChI=1S/C16H30N2O/c1-2-3-4-5-6-7-8-9-12-18-16(19)14-10-11-15(17)13-14/h10-11,14-15H,2-9,12-13,17H2,1H3,(H,18,19). The van der Waals surface area contributed by atoms with Crippen LogP contribution in [0.2, 0.25) is 0 Å². The molecular weight excluding hydrogens is 236 g/mol. The molecule has 0 spiro atoms. The van der Waals surface area contributed by atoms with E-state index in [2.05, 4.69) is 12.2 Å². The summed E-state index contributed by atoms with van der Waals surface area (Å²) in [7, 11) is 0. The Kier molecular flexibility index (Phi) is 8.55. The van der Waals surface area contributed by atoms with Gasteiger partial charge in [-0.1, -0.05) is 64.0 Å². The number of hydrogen-bond acceptors (Lipinski definition) is 2. The van der Waals surface area contributed by atoms with Gasteiger partial charge in [-0.3, -0.25) is 4.79 Å². The van der Waals surface area contributed by atoms with Gasteiger partial charge in [0.05, 0.1) is 5.92 Å². The Morgan fingerprint density at radius 1 is 1.11 bits per heavy atom. The van der Waals surface area contributed by atoms with Gasteiger partial charge in [-0.05, 0) is 12.8 Å². The van der Waals surface area contributed by atoms with E-state index >= 15 is 0 Å². The molecule has 0 saturated heterocycles. The number of rotatable bonds is 10. The molecule has 0 radical (unpaired) electrons. The van der Waals surface area contributed by atoms with Crippen molar-refractivity contribution >= 4 is 5.91 Å².